The van der Waals surface area contributed by atoms with Crippen molar-refractivity contribution in [3.8, 4) is 0 Å². The van der Waals surface area contributed by atoms with Crippen molar-refractivity contribution in [3.63, 3.8) is 0 Å². The molecule has 0 N–H and O–H groups in total. The van der Waals surface area contributed by atoms with Crippen LogP contribution in [-0.2, 0) is 9.59 Å². The minimum atomic E-state index is -1.32. The molecule has 0 spiro atoms. The predicted octanol–water partition coefficient (Wildman–Crippen LogP) is 0.338. The highest BCUT2D eigenvalue weighted by Gasteiger charge is 2.34. The lowest BCUT2D eigenvalue weighted by molar-refractivity contribution is -0.310. The van der Waals surface area contributed by atoms with Gasteiger partial charge in [-0.05, 0) is 5.56 Å². The first kappa shape index (κ1) is 12.1. The molecule has 1 fully saturated rings. The molecule has 1 amide bonds. The van der Waals surface area contributed by atoms with E-state index in [-0.39, 0.29) is 16.0 Å². The Hall–Kier alpha value is -1.40. The second-order valence-electron chi connectivity index (χ2n) is 3.45. The first-order chi connectivity index (χ1) is 8.11. The molecule has 0 aromatic heterocycles. The number of benzene rings is 1. The smallest absolute Gasteiger partial charge is 0.239 e. The number of carbonyl (C=O) groups excluding carboxylic acids is 2. The number of carboxylic acids is 1. The van der Waals surface area contributed by atoms with E-state index in [2.05, 4.69) is 0 Å². The van der Waals surface area contributed by atoms with Crippen molar-refractivity contribution in [2.24, 2.45) is 0 Å². The third kappa shape index (κ3) is 2.32. The van der Waals surface area contributed by atoms with Crippen molar-refractivity contribution in [2.75, 3.05) is 5.75 Å². The Morgan fingerprint density at radius 3 is 2.53 bits per heavy atom. The van der Waals surface area contributed by atoms with Crippen molar-refractivity contribution in [3.05, 3.63) is 35.9 Å². The van der Waals surface area contributed by atoms with Gasteiger partial charge in [-0.25, -0.2) is 0 Å². The largest absolute Gasteiger partial charge is 0.547 e. The minimum Gasteiger partial charge on any atom is -0.547 e. The van der Waals surface area contributed by atoms with Crippen LogP contribution >= 0.6 is 24.0 Å². The SMILES string of the molecule is O=C([O-])C(c1ccccc1)N1C(=O)CSC1=S. The highest BCUT2D eigenvalue weighted by atomic mass is 32.2. The van der Waals surface area contributed by atoms with Crippen molar-refractivity contribution < 1.29 is 14.7 Å². The highest BCUT2D eigenvalue weighted by molar-refractivity contribution is 8.23. The van der Waals surface area contributed by atoms with Gasteiger partial charge in [0.05, 0.1) is 11.7 Å². The summed E-state index contributed by atoms with van der Waals surface area (Å²) in [6.07, 6.45) is 0. The molecule has 1 unspecified atom stereocenters. The number of hydrogen-bond donors (Lipinski definition) is 0. The van der Waals surface area contributed by atoms with Gasteiger partial charge in [-0.15, -0.1) is 0 Å². The van der Waals surface area contributed by atoms with Gasteiger partial charge in [-0.3, -0.25) is 9.69 Å². The molecular weight excluding hydrogens is 258 g/mol. The topological polar surface area (TPSA) is 60.4 Å². The summed E-state index contributed by atoms with van der Waals surface area (Å²) in [5.74, 6) is -1.43. The van der Waals surface area contributed by atoms with Crippen LogP contribution in [0, 0.1) is 0 Å². The number of thioether (sulfide) groups is 1. The van der Waals surface area contributed by atoms with Crippen molar-refractivity contribution in [1.82, 2.24) is 4.90 Å². The average Bonchev–Trinajstić information content (AvgIpc) is 2.62. The summed E-state index contributed by atoms with van der Waals surface area (Å²) in [5, 5.41) is 11.2. The zero-order valence-corrected chi connectivity index (χ0v) is 10.3. The summed E-state index contributed by atoms with van der Waals surface area (Å²) < 4.78 is 0.285. The summed E-state index contributed by atoms with van der Waals surface area (Å²) in [6, 6.07) is 7.34. The van der Waals surface area contributed by atoms with E-state index in [0.29, 0.717) is 5.56 Å². The van der Waals surface area contributed by atoms with Crippen LogP contribution in [0.15, 0.2) is 30.3 Å². The molecule has 0 saturated carbocycles. The molecule has 1 atom stereocenters. The molecule has 17 heavy (non-hydrogen) atoms. The zero-order valence-electron chi connectivity index (χ0n) is 8.66. The number of amides is 1. The number of rotatable bonds is 3. The molecule has 1 heterocycles. The Bertz CT molecular complexity index is 459. The number of carbonyl (C=O) groups is 2. The molecule has 1 aromatic carbocycles. The molecule has 1 aliphatic rings. The van der Waals surface area contributed by atoms with Gasteiger partial charge in [0, 0.05) is 0 Å². The maximum atomic E-state index is 11.6. The molecule has 4 nitrogen and oxygen atoms in total. The minimum absolute atomic E-state index is 0.190. The Kier molecular flexibility index (Phi) is 3.44. The van der Waals surface area contributed by atoms with E-state index in [1.54, 1.807) is 30.3 Å². The summed E-state index contributed by atoms with van der Waals surface area (Å²) >= 11 is 6.16. The second-order valence-corrected chi connectivity index (χ2v) is 5.06. The maximum absolute atomic E-state index is 11.6. The van der Waals surface area contributed by atoms with E-state index in [9.17, 15) is 14.7 Å². The van der Waals surface area contributed by atoms with Crippen LogP contribution in [0.5, 0.6) is 0 Å². The van der Waals surface area contributed by atoms with Gasteiger partial charge in [0.15, 0.2) is 0 Å². The second kappa shape index (κ2) is 4.85. The average molecular weight is 266 g/mol. The van der Waals surface area contributed by atoms with Crippen molar-refractivity contribution >= 4 is 40.2 Å². The van der Waals surface area contributed by atoms with E-state index in [0.717, 1.165) is 4.90 Å². The van der Waals surface area contributed by atoms with Gasteiger partial charge in [0.25, 0.3) is 0 Å². The van der Waals surface area contributed by atoms with Crippen LogP contribution in [0.25, 0.3) is 0 Å². The summed E-state index contributed by atoms with van der Waals surface area (Å²) in [7, 11) is 0. The van der Waals surface area contributed by atoms with E-state index in [4.69, 9.17) is 12.2 Å². The van der Waals surface area contributed by atoms with E-state index in [1.165, 1.54) is 11.8 Å². The standard InChI is InChI=1S/C11H9NO3S2/c13-8-6-17-11(16)12(8)9(10(14)15)7-4-2-1-3-5-7/h1-5,9H,6H2,(H,14,15)/p-1. The first-order valence-electron chi connectivity index (χ1n) is 4.86. The van der Waals surface area contributed by atoms with Crippen LogP contribution in [0.2, 0.25) is 0 Å². The Morgan fingerprint density at radius 2 is 2.06 bits per heavy atom. The number of aliphatic carboxylic acids is 1. The molecule has 0 radical (unpaired) electrons. The highest BCUT2D eigenvalue weighted by Crippen LogP contribution is 2.29. The molecule has 2 rings (SSSR count). The number of hydrogen-bond acceptors (Lipinski definition) is 5. The summed E-state index contributed by atoms with van der Waals surface area (Å²) in [4.78, 5) is 24.0. The molecule has 0 aliphatic carbocycles. The predicted molar refractivity (Wildman–Crippen MR) is 66.1 cm³/mol. The van der Waals surface area contributed by atoms with Gasteiger partial charge >= 0.3 is 0 Å². The molecule has 6 heteroatoms. The maximum Gasteiger partial charge on any atom is 0.239 e. The first-order valence-corrected chi connectivity index (χ1v) is 6.25. The van der Waals surface area contributed by atoms with Gasteiger partial charge in [0.1, 0.15) is 10.4 Å². The van der Waals surface area contributed by atoms with E-state index >= 15 is 0 Å². The molecule has 0 bridgehead atoms. The molecule has 88 valence electrons. The summed E-state index contributed by atoms with van der Waals surface area (Å²) in [6.45, 7) is 0. The van der Waals surface area contributed by atoms with Gasteiger partial charge in [-0.1, -0.05) is 54.3 Å². The third-order valence-corrected chi connectivity index (χ3v) is 3.77. The quantitative estimate of drug-likeness (QED) is 0.738. The fraction of sp³-hybridized carbons (Fsp3) is 0.182. The van der Waals surface area contributed by atoms with Crippen LogP contribution < -0.4 is 5.11 Å². The van der Waals surface area contributed by atoms with Crippen LogP contribution in [0.4, 0.5) is 0 Å². The van der Waals surface area contributed by atoms with E-state index < -0.39 is 12.0 Å². The summed E-state index contributed by atoms with van der Waals surface area (Å²) in [5.41, 5.74) is 0.491. The Morgan fingerprint density at radius 1 is 1.41 bits per heavy atom. The van der Waals surface area contributed by atoms with Crippen LogP contribution in [0.1, 0.15) is 11.6 Å². The van der Waals surface area contributed by atoms with Crippen molar-refractivity contribution in [1.29, 1.82) is 0 Å². The number of nitrogens with zero attached hydrogens (tertiary/aromatic N) is 1. The molecule has 1 aliphatic heterocycles. The molecule has 1 saturated heterocycles. The zero-order chi connectivity index (χ0) is 12.4. The fourth-order valence-corrected chi connectivity index (χ4v) is 2.76. The molecule has 1 aromatic rings. The van der Waals surface area contributed by atoms with Gasteiger partial charge in [0.2, 0.25) is 5.91 Å². The number of carboxylic acid groups (broad SMARTS) is 1. The molecular formula is C11H8NO3S2-. The van der Waals surface area contributed by atoms with Gasteiger partial charge in [-0.2, -0.15) is 0 Å². The normalized spacial score (nSPS) is 17.3. The number of thiocarbonyl (C=S) groups is 1. The van der Waals surface area contributed by atoms with Gasteiger partial charge < -0.3 is 9.90 Å². The lowest BCUT2D eigenvalue weighted by Crippen LogP contribution is -2.43. The van der Waals surface area contributed by atoms with Crippen LogP contribution in [0.3, 0.4) is 0 Å². The monoisotopic (exact) mass is 266 g/mol. The lowest BCUT2D eigenvalue weighted by atomic mass is 10.1. The lowest BCUT2D eigenvalue weighted by Gasteiger charge is -2.28. The Labute approximate surface area is 108 Å². The third-order valence-electron chi connectivity index (χ3n) is 2.38. The van der Waals surface area contributed by atoms with Crippen molar-refractivity contribution in [2.45, 2.75) is 6.04 Å². The fourth-order valence-electron chi connectivity index (χ4n) is 1.64. The Balaban J connectivity index is 2.40. The van der Waals surface area contributed by atoms with E-state index in [1.807, 2.05) is 0 Å². The van der Waals surface area contributed by atoms with Crippen LogP contribution in [-0.4, -0.2) is 26.8 Å².